The lowest BCUT2D eigenvalue weighted by Crippen LogP contribution is -2.31. The molecule has 1 saturated carbocycles. The first-order chi connectivity index (χ1) is 12.9. The summed E-state index contributed by atoms with van der Waals surface area (Å²) in [6.07, 6.45) is 2.11. The van der Waals surface area contributed by atoms with E-state index in [4.69, 9.17) is 12.2 Å². The first-order valence-electron chi connectivity index (χ1n) is 8.92. The molecule has 1 aromatic heterocycles. The summed E-state index contributed by atoms with van der Waals surface area (Å²) in [6, 6.07) is 6.43. The minimum absolute atomic E-state index is 0.111. The Morgan fingerprint density at radius 3 is 2.70 bits per heavy atom. The van der Waals surface area contributed by atoms with E-state index >= 15 is 0 Å². The quantitative estimate of drug-likeness (QED) is 0.651. The lowest BCUT2D eigenvalue weighted by atomic mass is 10.2. The van der Waals surface area contributed by atoms with Crippen LogP contribution in [0.2, 0.25) is 0 Å². The van der Waals surface area contributed by atoms with Crippen molar-refractivity contribution in [2.75, 3.05) is 13.1 Å². The van der Waals surface area contributed by atoms with Gasteiger partial charge >= 0.3 is 0 Å². The molecule has 0 aliphatic heterocycles. The van der Waals surface area contributed by atoms with Crippen molar-refractivity contribution >= 4 is 28.1 Å². The van der Waals surface area contributed by atoms with Crippen molar-refractivity contribution in [3.05, 3.63) is 40.4 Å². The van der Waals surface area contributed by atoms with Crippen LogP contribution in [0.1, 0.15) is 48.9 Å². The Labute approximate surface area is 163 Å². The monoisotopic (exact) mass is 409 g/mol. The Hall–Kier alpha value is -2.04. The van der Waals surface area contributed by atoms with Crippen molar-refractivity contribution in [1.29, 1.82) is 0 Å². The molecule has 1 fully saturated rings. The lowest BCUT2D eigenvalue weighted by molar-refractivity contribution is 0.0949. The number of hydrogen-bond donors (Lipinski definition) is 2. The minimum Gasteiger partial charge on any atom is -0.345 e. The number of sulfonamides is 1. The number of H-pyrrole nitrogens is 1. The topological polar surface area (TPSA) is 100 Å². The number of carbonyl (C=O) groups is 1. The predicted molar refractivity (Wildman–Crippen MR) is 103 cm³/mol. The first-order valence-corrected chi connectivity index (χ1v) is 10.8. The number of aromatic nitrogens is 3. The molecule has 0 unspecified atom stereocenters. The van der Waals surface area contributed by atoms with Crippen LogP contribution in [-0.2, 0) is 16.6 Å². The van der Waals surface area contributed by atoms with Gasteiger partial charge in [0.1, 0.15) is 0 Å². The normalized spacial score (nSPS) is 14.5. The molecule has 1 aromatic carbocycles. The molecular formula is C17H23N5O3S2. The number of benzene rings is 1. The van der Waals surface area contributed by atoms with Gasteiger partial charge in [-0.05, 0) is 43.3 Å². The number of nitrogens with zero attached hydrogens (tertiary/aromatic N) is 3. The van der Waals surface area contributed by atoms with Crippen LogP contribution in [0.3, 0.4) is 0 Å². The van der Waals surface area contributed by atoms with Crippen LogP contribution in [0.4, 0.5) is 0 Å². The highest BCUT2D eigenvalue weighted by Gasteiger charge is 2.27. The zero-order valence-corrected chi connectivity index (χ0v) is 16.9. The third-order valence-corrected chi connectivity index (χ3v) is 6.87. The van der Waals surface area contributed by atoms with Crippen molar-refractivity contribution in [2.45, 2.75) is 44.2 Å². The van der Waals surface area contributed by atoms with Crippen LogP contribution >= 0.6 is 12.2 Å². The molecule has 0 bridgehead atoms. The third-order valence-electron chi connectivity index (χ3n) is 4.54. The SMILES string of the molecule is CCN(CC)S(=O)(=O)c1cccc(C(=O)NCc2n[nH]c(=S)n2C2CC2)c1. The number of nitrogens with one attached hydrogen (secondary N) is 2. The van der Waals surface area contributed by atoms with Gasteiger partial charge in [0.15, 0.2) is 10.6 Å². The molecule has 0 spiro atoms. The Bertz CT molecular complexity index is 988. The molecule has 1 aliphatic rings. The summed E-state index contributed by atoms with van der Waals surface area (Å²) in [7, 11) is -3.61. The van der Waals surface area contributed by atoms with Crippen LogP contribution < -0.4 is 5.32 Å². The van der Waals surface area contributed by atoms with Crippen LogP contribution in [-0.4, -0.2) is 46.5 Å². The van der Waals surface area contributed by atoms with E-state index in [0.29, 0.717) is 29.7 Å². The summed E-state index contributed by atoms with van der Waals surface area (Å²) in [6.45, 7) is 4.53. The predicted octanol–water partition coefficient (Wildman–Crippen LogP) is 2.24. The molecule has 0 radical (unpaired) electrons. The fourth-order valence-electron chi connectivity index (χ4n) is 2.94. The van der Waals surface area contributed by atoms with Crippen molar-refractivity contribution in [3.8, 4) is 0 Å². The standard InChI is InChI=1S/C17H23N5O3S2/c1-3-21(4-2)27(24,25)14-7-5-6-12(10-14)16(23)18-11-15-19-20-17(26)22(15)13-8-9-13/h5-7,10,13H,3-4,8-9,11H2,1-2H3,(H,18,23)(H,20,26). The Morgan fingerprint density at radius 1 is 1.37 bits per heavy atom. The fraction of sp³-hybridized carbons (Fsp3) is 0.471. The molecule has 27 heavy (non-hydrogen) atoms. The molecule has 8 nitrogen and oxygen atoms in total. The van der Waals surface area contributed by atoms with Gasteiger partial charge < -0.3 is 5.32 Å². The Kier molecular flexibility index (Phi) is 5.78. The summed E-state index contributed by atoms with van der Waals surface area (Å²) in [5.41, 5.74) is 0.287. The molecular weight excluding hydrogens is 386 g/mol. The van der Waals surface area contributed by atoms with E-state index in [1.165, 1.54) is 16.4 Å². The van der Waals surface area contributed by atoms with E-state index < -0.39 is 10.0 Å². The van der Waals surface area contributed by atoms with E-state index in [-0.39, 0.29) is 22.9 Å². The second kappa shape index (κ2) is 7.91. The Balaban J connectivity index is 1.75. The number of amides is 1. The summed E-state index contributed by atoms with van der Waals surface area (Å²) < 4.78 is 29.1. The van der Waals surface area contributed by atoms with E-state index in [0.717, 1.165) is 12.8 Å². The summed E-state index contributed by atoms with van der Waals surface area (Å²) >= 11 is 5.23. The molecule has 0 atom stereocenters. The second-order valence-corrected chi connectivity index (χ2v) is 8.67. The summed E-state index contributed by atoms with van der Waals surface area (Å²) in [5, 5.41) is 9.72. The van der Waals surface area contributed by atoms with Gasteiger partial charge in [0, 0.05) is 24.7 Å². The van der Waals surface area contributed by atoms with E-state index in [2.05, 4.69) is 15.5 Å². The van der Waals surface area contributed by atoms with Gasteiger partial charge in [0.2, 0.25) is 10.0 Å². The minimum atomic E-state index is -3.61. The average molecular weight is 410 g/mol. The molecule has 1 aliphatic carbocycles. The fourth-order valence-corrected chi connectivity index (χ4v) is 4.75. The van der Waals surface area contributed by atoms with E-state index in [9.17, 15) is 13.2 Å². The van der Waals surface area contributed by atoms with Crippen LogP contribution in [0.5, 0.6) is 0 Å². The van der Waals surface area contributed by atoms with Gasteiger partial charge in [0.05, 0.1) is 11.4 Å². The van der Waals surface area contributed by atoms with E-state index in [1.54, 1.807) is 26.0 Å². The molecule has 2 N–H and O–H groups in total. The van der Waals surface area contributed by atoms with Crippen molar-refractivity contribution in [2.24, 2.45) is 0 Å². The smallest absolute Gasteiger partial charge is 0.251 e. The zero-order chi connectivity index (χ0) is 19.6. The van der Waals surface area contributed by atoms with Gasteiger partial charge in [-0.15, -0.1) is 0 Å². The van der Waals surface area contributed by atoms with Gasteiger partial charge in [0.25, 0.3) is 5.91 Å². The molecule has 3 rings (SSSR count). The van der Waals surface area contributed by atoms with Crippen LogP contribution in [0.25, 0.3) is 0 Å². The molecule has 10 heteroatoms. The Morgan fingerprint density at radius 2 is 2.07 bits per heavy atom. The summed E-state index contributed by atoms with van der Waals surface area (Å²) in [5.74, 6) is 0.311. The first kappa shape index (κ1) is 19.7. The lowest BCUT2D eigenvalue weighted by Gasteiger charge is -2.18. The number of carbonyl (C=O) groups excluding carboxylic acids is 1. The van der Waals surface area contributed by atoms with Crippen molar-refractivity contribution < 1.29 is 13.2 Å². The molecule has 146 valence electrons. The molecule has 2 aromatic rings. The van der Waals surface area contributed by atoms with Gasteiger partial charge in [-0.2, -0.15) is 9.40 Å². The van der Waals surface area contributed by atoms with Gasteiger partial charge in [-0.1, -0.05) is 19.9 Å². The maximum atomic E-state index is 12.6. The van der Waals surface area contributed by atoms with Crippen molar-refractivity contribution in [3.63, 3.8) is 0 Å². The highest BCUT2D eigenvalue weighted by molar-refractivity contribution is 7.89. The summed E-state index contributed by atoms with van der Waals surface area (Å²) in [4.78, 5) is 12.6. The largest absolute Gasteiger partial charge is 0.345 e. The highest BCUT2D eigenvalue weighted by atomic mass is 32.2. The second-order valence-electron chi connectivity index (χ2n) is 6.35. The number of rotatable bonds is 8. The number of hydrogen-bond acceptors (Lipinski definition) is 5. The van der Waals surface area contributed by atoms with Crippen LogP contribution in [0.15, 0.2) is 29.2 Å². The van der Waals surface area contributed by atoms with E-state index in [1.807, 2.05) is 4.57 Å². The third kappa shape index (κ3) is 4.12. The molecule has 0 saturated heterocycles. The maximum absolute atomic E-state index is 12.6. The highest BCUT2D eigenvalue weighted by Crippen LogP contribution is 2.35. The van der Waals surface area contributed by atoms with Crippen molar-refractivity contribution in [1.82, 2.24) is 24.4 Å². The van der Waals surface area contributed by atoms with Gasteiger partial charge in [-0.25, -0.2) is 8.42 Å². The van der Waals surface area contributed by atoms with Gasteiger partial charge in [-0.3, -0.25) is 14.5 Å². The number of aromatic amines is 1. The maximum Gasteiger partial charge on any atom is 0.251 e. The molecule has 1 amide bonds. The molecule has 1 heterocycles. The van der Waals surface area contributed by atoms with Crippen LogP contribution in [0, 0.1) is 4.77 Å². The zero-order valence-electron chi connectivity index (χ0n) is 15.3. The average Bonchev–Trinajstić information content (AvgIpc) is 3.43.